The Morgan fingerprint density at radius 2 is 2.05 bits per heavy atom. The van der Waals surface area contributed by atoms with Gasteiger partial charge in [-0.05, 0) is 19.4 Å². The van der Waals surface area contributed by atoms with Gasteiger partial charge < -0.3 is 20.3 Å². The minimum Gasteiger partial charge on any atom is -0.373 e. The van der Waals surface area contributed by atoms with Gasteiger partial charge in [-0.15, -0.1) is 0 Å². The molecule has 2 unspecified atom stereocenters. The minimum atomic E-state index is -0.510. The second kappa shape index (κ2) is 6.72. The quantitative estimate of drug-likeness (QED) is 0.600. The maximum Gasteiger partial charge on any atom is 0.311 e. The third-order valence-corrected chi connectivity index (χ3v) is 4.55. The molecule has 3 rings (SSSR count). The van der Waals surface area contributed by atoms with Gasteiger partial charge in [0, 0.05) is 45.3 Å². The summed E-state index contributed by atoms with van der Waals surface area (Å²) in [6.07, 6.45) is 2.44. The standard InChI is InChI=1S/C14H24N4O3/c19-13(14(20)17-6-3-15-4-7-17)16-8-12-9-18-5-1-2-11(18)10-21-12/h11-12,15H,1-10H2,(H,16,19). The Hall–Kier alpha value is -1.18. The molecular weight excluding hydrogens is 272 g/mol. The Morgan fingerprint density at radius 1 is 1.24 bits per heavy atom. The molecule has 3 saturated heterocycles. The van der Waals surface area contributed by atoms with Crippen LogP contribution in [0.2, 0.25) is 0 Å². The fourth-order valence-corrected chi connectivity index (χ4v) is 3.30. The van der Waals surface area contributed by atoms with Gasteiger partial charge in [-0.1, -0.05) is 0 Å². The predicted molar refractivity (Wildman–Crippen MR) is 76.8 cm³/mol. The van der Waals surface area contributed by atoms with Gasteiger partial charge in [-0.3, -0.25) is 14.5 Å². The van der Waals surface area contributed by atoms with Crippen molar-refractivity contribution in [3.05, 3.63) is 0 Å². The molecule has 2 N–H and O–H groups in total. The summed E-state index contributed by atoms with van der Waals surface area (Å²) in [7, 11) is 0. The molecule has 21 heavy (non-hydrogen) atoms. The van der Waals surface area contributed by atoms with Gasteiger partial charge >= 0.3 is 11.8 Å². The second-order valence-electron chi connectivity index (χ2n) is 6.00. The maximum atomic E-state index is 12.0. The average Bonchev–Trinajstić information content (AvgIpc) is 3.00. The highest BCUT2D eigenvalue weighted by molar-refractivity contribution is 6.35. The minimum absolute atomic E-state index is 0.000812. The summed E-state index contributed by atoms with van der Waals surface area (Å²) in [4.78, 5) is 27.9. The Bertz CT molecular complexity index is 398. The Labute approximate surface area is 125 Å². The molecule has 7 heteroatoms. The van der Waals surface area contributed by atoms with E-state index in [1.807, 2.05) is 0 Å². The summed E-state index contributed by atoms with van der Waals surface area (Å²) in [6.45, 7) is 5.84. The number of fused-ring (bicyclic) bond motifs is 1. The van der Waals surface area contributed by atoms with Crippen LogP contribution in [-0.4, -0.2) is 86.2 Å². The molecule has 3 heterocycles. The third kappa shape index (κ3) is 3.53. The molecule has 3 fully saturated rings. The van der Waals surface area contributed by atoms with Gasteiger partial charge in [0.2, 0.25) is 0 Å². The van der Waals surface area contributed by atoms with Crippen molar-refractivity contribution in [2.45, 2.75) is 25.0 Å². The van der Waals surface area contributed by atoms with Crippen LogP contribution in [0.4, 0.5) is 0 Å². The summed E-state index contributed by atoms with van der Waals surface area (Å²) in [6, 6.07) is 0.555. The first-order valence-corrected chi connectivity index (χ1v) is 7.87. The van der Waals surface area contributed by atoms with Crippen molar-refractivity contribution in [2.75, 3.05) is 52.4 Å². The van der Waals surface area contributed by atoms with Crippen molar-refractivity contribution < 1.29 is 14.3 Å². The van der Waals surface area contributed by atoms with Crippen LogP contribution >= 0.6 is 0 Å². The molecule has 2 amide bonds. The Morgan fingerprint density at radius 3 is 2.86 bits per heavy atom. The molecule has 118 valence electrons. The van der Waals surface area contributed by atoms with E-state index in [-0.39, 0.29) is 6.10 Å². The van der Waals surface area contributed by atoms with Crippen molar-refractivity contribution >= 4 is 11.8 Å². The van der Waals surface area contributed by atoms with E-state index in [2.05, 4.69) is 15.5 Å². The van der Waals surface area contributed by atoms with Gasteiger partial charge in [0.25, 0.3) is 0 Å². The lowest BCUT2D eigenvalue weighted by molar-refractivity contribution is -0.146. The molecule has 0 aromatic rings. The van der Waals surface area contributed by atoms with Crippen LogP contribution < -0.4 is 10.6 Å². The fraction of sp³-hybridized carbons (Fsp3) is 0.857. The van der Waals surface area contributed by atoms with E-state index in [4.69, 9.17) is 4.74 Å². The number of nitrogens with zero attached hydrogens (tertiary/aromatic N) is 2. The zero-order chi connectivity index (χ0) is 14.7. The smallest absolute Gasteiger partial charge is 0.311 e. The van der Waals surface area contributed by atoms with Crippen molar-refractivity contribution in [1.82, 2.24) is 20.4 Å². The zero-order valence-corrected chi connectivity index (χ0v) is 12.3. The van der Waals surface area contributed by atoms with E-state index < -0.39 is 11.8 Å². The van der Waals surface area contributed by atoms with E-state index in [9.17, 15) is 9.59 Å². The fourth-order valence-electron chi connectivity index (χ4n) is 3.30. The SMILES string of the molecule is O=C(NCC1CN2CCCC2CO1)C(=O)N1CCNCC1. The third-order valence-electron chi connectivity index (χ3n) is 4.55. The normalized spacial score (nSPS) is 30.0. The van der Waals surface area contributed by atoms with Crippen LogP contribution in [0.3, 0.4) is 0 Å². The van der Waals surface area contributed by atoms with Gasteiger partial charge in [-0.2, -0.15) is 0 Å². The van der Waals surface area contributed by atoms with Crippen LogP contribution in [0.15, 0.2) is 0 Å². The molecule has 0 aromatic heterocycles. The maximum absolute atomic E-state index is 12.0. The lowest BCUT2D eigenvalue weighted by atomic mass is 10.2. The molecule has 3 aliphatic heterocycles. The summed E-state index contributed by atoms with van der Waals surface area (Å²) >= 11 is 0. The number of piperazine rings is 1. The molecule has 0 spiro atoms. The zero-order valence-electron chi connectivity index (χ0n) is 12.3. The molecular formula is C14H24N4O3. The molecule has 0 bridgehead atoms. The molecule has 0 radical (unpaired) electrons. The first-order chi connectivity index (χ1) is 10.2. The highest BCUT2D eigenvalue weighted by Crippen LogP contribution is 2.22. The summed E-state index contributed by atoms with van der Waals surface area (Å²) in [5.41, 5.74) is 0. The Kier molecular flexibility index (Phi) is 4.72. The van der Waals surface area contributed by atoms with Gasteiger partial charge in [0.15, 0.2) is 0 Å². The van der Waals surface area contributed by atoms with Gasteiger partial charge in [0.1, 0.15) is 0 Å². The molecule has 0 saturated carbocycles. The number of hydrogen-bond donors (Lipinski definition) is 2. The van der Waals surface area contributed by atoms with Crippen LogP contribution in [-0.2, 0) is 14.3 Å². The van der Waals surface area contributed by atoms with Gasteiger partial charge in [0.05, 0.1) is 12.7 Å². The Balaban J connectivity index is 1.42. The van der Waals surface area contributed by atoms with Crippen molar-refractivity contribution in [3.8, 4) is 0 Å². The summed E-state index contributed by atoms with van der Waals surface area (Å²) in [5, 5.41) is 5.89. The number of ether oxygens (including phenoxy) is 1. The second-order valence-corrected chi connectivity index (χ2v) is 6.00. The molecule has 2 atom stereocenters. The number of carbonyl (C=O) groups is 2. The number of rotatable bonds is 2. The summed E-state index contributed by atoms with van der Waals surface area (Å²) < 4.78 is 5.78. The molecule has 0 aromatic carbocycles. The van der Waals surface area contributed by atoms with E-state index >= 15 is 0 Å². The van der Waals surface area contributed by atoms with Crippen molar-refractivity contribution in [3.63, 3.8) is 0 Å². The lowest BCUT2D eigenvalue weighted by Crippen LogP contribution is -2.54. The topological polar surface area (TPSA) is 73.9 Å². The summed E-state index contributed by atoms with van der Waals surface area (Å²) in [5.74, 6) is -0.935. The van der Waals surface area contributed by atoms with E-state index in [1.54, 1.807) is 4.90 Å². The van der Waals surface area contributed by atoms with E-state index in [1.165, 1.54) is 12.8 Å². The largest absolute Gasteiger partial charge is 0.373 e. The number of nitrogens with one attached hydrogen (secondary N) is 2. The molecule has 7 nitrogen and oxygen atoms in total. The lowest BCUT2D eigenvalue weighted by Gasteiger charge is -2.35. The van der Waals surface area contributed by atoms with Crippen LogP contribution in [0.5, 0.6) is 0 Å². The van der Waals surface area contributed by atoms with Crippen LogP contribution in [0.25, 0.3) is 0 Å². The van der Waals surface area contributed by atoms with E-state index in [0.29, 0.717) is 25.7 Å². The van der Waals surface area contributed by atoms with Gasteiger partial charge in [-0.25, -0.2) is 0 Å². The van der Waals surface area contributed by atoms with Crippen molar-refractivity contribution in [1.29, 1.82) is 0 Å². The van der Waals surface area contributed by atoms with Crippen LogP contribution in [0, 0.1) is 0 Å². The van der Waals surface area contributed by atoms with Crippen LogP contribution in [0.1, 0.15) is 12.8 Å². The molecule has 0 aliphatic carbocycles. The monoisotopic (exact) mass is 296 g/mol. The van der Waals surface area contributed by atoms with Crippen molar-refractivity contribution in [2.24, 2.45) is 0 Å². The first-order valence-electron chi connectivity index (χ1n) is 7.87. The number of carbonyl (C=O) groups excluding carboxylic acids is 2. The number of amides is 2. The highest BCUT2D eigenvalue weighted by atomic mass is 16.5. The average molecular weight is 296 g/mol. The van der Waals surface area contributed by atoms with E-state index in [0.717, 1.165) is 32.8 Å². The number of morpholine rings is 1. The first kappa shape index (κ1) is 14.7. The highest BCUT2D eigenvalue weighted by Gasteiger charge is 2.32. The molecule has 3 aliphatic rings. The predicted octanol–water partition coefficient (Wildman–Crippen LogP) is -1.60. The number of hydrogen-bond acceptors (Lipinski definition) is 5.